The van der Waals surface area contributed by atoms with Crippen LogP contribution in [0.1, 0.15) is 27.2 Å². The van der Waals surface area contributed by atoms with Crippen molar-refractivity contribution < 1.29 is 19.1 Å². The summed E-state index contributed by atoms with van der Waals surface area (Å²) in [7, 11) is 1.27. The fourth-order valence-electron chi connectivity index (χ4n) is 1.97. The highest BCUT2D eigenvalue weighted by molar-refractivity contribution is 5.92. The van der Waals surface area contributed by atoms with Gasteiger partial charge in [0.25, 0.3) is 0 Å². The molecule has 0 aromatic heterocycles. The van der Waals surface area contributed by atoms with Gasteiger partial charge < -0.3 is 15.0 Å². The van der Waals surface area contributed by atoms with Crippen LogP contribution in [0.3, 0.4) is 0 Å². The summed E-state index contributed by atoms with van der Waals surface area (Å²) in [5, 5.41) is 2.62. The van der Waals surface area contributed by atoms with Gasteiger partial charge in [-0.1, -0.05) is 0 Å². The number of amides is 2. The van der Waals surface area contributed by atoms with Crippen molar-refractivity contribution in [3.63, 3.8) is 0 Å². The number of methoxy groups -OCH3 is 1. The molecule has 1 N–H and O–H groups in total. The number of hydrogen-bond donors (Lipinski definition) is 1. The number of carbonyl (C=O) groups excluding carboxylic acids is 3. The maximum absolute atomic E-state index is 12.0. The lowest BCUT2D eigenvalue weighted by atomic mass is 10.0. The summed E-state index contributed by atoms with van der Waals surface area (Å²) >= 11 is 0. The van der Waals surface area contributed by atoms with Gasteiger partial charge in [-0.15, -0.1) is 0 Å². The molecule has 0 saturated carbocycles. The van der Waals surface area contributed by atoms with Gasteiger partial charge in [-0.3, -0.25) is 9.59 Å². The molecule has 0 radical (unpaired) electrons. The summed E-state index contributed by atoms with van der Waals surface area (Å²) in [5.74, 6) is -1.20. The molecule has 1 aliphatic heterocycles. The van der Waals surface area contributed by atoms with E-state index in [2.05, 4.69) is 10.1 Å². The molecular formula is C12H20N2O4. The van der Waals surface area contributed by atoms with Crippen LogP contribution in [-0.2, 0) is 19.1 Å². The first-order valence-electron chi connectivity index (χ1n) is 6.00. The second kappa shape index (κ2) is 5.37. The van der Waals surface area contributed by atoms with Gasteiger partial charge in [0.05, 0.1) is 13.0 Å². The predicted octanol–water partition coefficient (Wildman–Crippen LogP) is -0.0774. The van der Waals surface area contributed by atoms with E-state index in [9.17, 15) is 14.4 Å². The van der Waals surface area contributed by atoms with Crippen LogP contribution in [-0.4, -0.2) is 48.4 Å². The summed E-state index contributed by atoms with van der Waals surface area (Å²) < 4.78 is 4.61. The van der Waals surface area contributed by atoms with Gasteiger partial charge in [0.1, 0.15) is 5.54 Å². The fraction of sp³-hybridized carbons (Fsp3) is 0.750. The molecule has 1 fully saturated rings. The van der Waals surface area contributed by atoms with Crippen LogP contribution in [0.4, 0.5) is 0 Å². The van der Waals surface area contributed by atoms with Crippen LogP contribution in [0.5, 0.6) is 0 Å². The van der Waals surface area contributed by atoms with Crippen molar-refractivity contribution in [1.82, 2.24) is 10.2 Å². The number of hydrogen-bond acceptors (Lipinski definition) is 4. The molecule has 1 atom stereocenters. The van der Waals surface area contributed by atoms with Gasteiger partial charge in [-0.25, -0.2) is 4.79 Å². The first-order valence-corrected chi connectivity index (χ1v) is 6.00. The number of ether oxygens (including phenoxy) is 1. The quantitative estimate of drug-likeness (QED) is 0.714. The minimum atomic E-state index is -1.07. The Morgan fingerprint density at radius 3 is 2.56 bits per heavy atom. The highest BCUT2D eigenvalue weighted by Gasteiger charge is 2.38. The van der Waals surface area contributed by atoms with Gasteiger partial charge in [0.15, 0.2) is 0 Å². The largest absolute Gasteiger partial charge is 0.467 e. The van der Waals surface area contributed by atoms with E-state index >= 15 is 0 Å². The molecule has 6 nitrogen and oxygen atoms in total. The predicted molar refractivity (Wildman–Crippen MR) is 64.6 cm³/mol. The monoisotopic (exact) mass is 256 g/mol. The average molecular weight is 256 g/mol. The number of nitrogens with zero attached hydrogens (tertiary/aromatic N) is 1. The maximum atomic E-state index is 12.0. The smallest absolute Gasteiger partial charge is 0.330 e. The fourth-order valence-corrected chi connectivity index (χ4v) is 1.97. The highest BCUT2D eigenvalue weighted by Crippen LogP contribution is 2.18. The average Bonchev–Trinajstić information content (AvgIpc) is 2.68. The minimum Gasteiger partial charge on any atom is -0.467 e. The highest BCUT2D eigenvalue weighted by atomic mass is 16.5. The Bertz CT molecular complexity index is 365. The number of rotatable bonds is 4. The third-order valence-corrected chi connectivity index (χ3v) is 3.10. The van der Waals surface area contributed by atoms with E-state index < -0.39 is 11.5 Å². The van der Waals surface area contributed by atoms with Crippen molar-refractivity contribution >= 4 is 17.8 Å². The lowest BCUT2D eigenvalue weighted by Gasteiger charge is -2.24. The zero-order valence-corrected chi connectivity index (χ0v) is 11.3. The van der Waals surface area contributed by atoms with E-state index in [1.165, 1.54) is 7.11 Å². The van der Waals surface area contributed by atoms with Crippen molar-refractivity contribution in [2.24, 2.45) is 5.92 Å². The molecule has 1 aliphatic rings. The summed E-state index contributed by atoms with van der Waals surface area (Å²) in [4.78, 5) is 36.6. The van der Waals surface area contributed by atoms with Crippen molar-refractivity contribution in [3.8, 4) is 0 Å². The summed E-state index contributed by atoms with van der Waals surface area (Å²) in [5.41, 5.74) is -1.07. The molecule has 0 aliphatic carbocycles. The first-order chi connectivity index (χ1) is 8.31. The van der Waals surface area contributed by atoms with Crippen LogP contribution in [0, 0.1) is 5.92 Å². The zero-order valence-electron chi connectivity index (χ0n) is 11.3. The van der Waals surface area contributed by atoms with Gasteiger partial charge in [-0.05, 0) is 20.8 Å². The third kappa shape index (κ3) is 3.00. The molecule has 0 aromatic rings. The molecule has 1 saturated heterocycles. The normalized spacial score (nSPS) is 19.9. The van der Waals surface area contributed by atoms with Gasteiger partial charge in [0, 0.05) is 19.5 Å². The van der Waals surface area contributed by atoms with Crippen LogP contribution < -0.4 is 5.32 Å². The molecular weight excluding hydrogens is 236 g/mol. The van der Waals surface area contributed by atoms with E-state index in [4.69, 9.17) is 0 Å². The lowest BCUT2D eigenvalue weighted by molar-refractivity contribution is -0.149. The molecule has 2 amide bonds. The molecule has 0 aromatic carbocycles. The Hall–Kier alpha value is -1.59. The Balaban J connectivity index is 2.62. The SMILES string of the molecule is CCN1C[C@@H](C(=O)NC(C)(C)C(=O)OC)CC1=O. The molecule has 18 heavy (non-hydrogen) atoms. The molecule has 0 unspecified atom stereocenters. The molecule has 102 valence electrons. The van der Waals surface area contributed by atoms with E-state index in [0.29, 0.717) is 13.1 Å². The number of carbonyl (C=O) groups is 3. The van der Waals surface area contributed by atoms with Crippen molar-refractivity contribution in [2.75, 3.05) is 20.2 Å². The van der Waals surface area contributed by atoms with Gasteiger partial charge in [0.2, 0.25) is 11.8 Å². The Kier molecular flexibility index (Phi) is 4.32. The van der Waals surface area contributed by atoms with E-state index in [0.717, 1.165) is 0 Å². The Labute approximate surface area is 107 Å². The van der Waals surface area contributed by atoms with Crippen LogP contribution in [0.2, 0.25) is 0 Å². The maximum Gasteiger partial charge on any atom is 0.330 e. The summed E-state index contributed by atoms with van der Waals surface area (Å²) in [6, 6.07) is 0. The second-order valence-corrected chi connectivity index (χ2v) is 4.94. The van der Waals surface area contributed by atoms with Crippen molar-refractivity contribution in [2.45, 2.75) is 32.7 Å². The molecule has 6 heteroatoms. The topological polar surface area (TPSA) is 75.7 Å². The third-order valence-electron chi connectivity index (χ3n) is 3.10. The van der Waals surface area contributed by atoms with E-state index in [-0.39, 0.29) is 24.2 Å². The second-order valence-electron chi connectivity index (χ2n) is 4.94. The number of esters is 1. The Morgan fingerprint density at radius 1 is 1.50 bits per heavy atom. The van der Waals surface area contributed by atoms with Gasteiger partial charge in [-0.2, -0.15) is 0 Å². The molecule has 1 heterocycles. The van der Waals surface area contributed by atoms with Crippen LogP contribution >= 0.6 is 0 Å². The first kappa shape index (κ1) is 14.5. The van der Waals surface area contributed by atoms with Crippen molar-refractivity contribution in [1.29, 1.82) is 0 Å². The van der Waals surface area contributed by atoms with E-state index in [1.807, 2.05) is 6.92 Å². The molecule has 1 rings (SSSR count). The van der Waals surface area contributed by atoms with E-state index in [1.54, 1.807) is 18.7 Å². The summed E-state index contributed by atoms with van der Waals surface area (Å²) in [6.45, 7) is 6.04. The molecule has 0 bridgehead atoms. The molecule has 0 spiro atoms. The van der Waals surface area contributed by atoms with Crippen molar-refractivity contribution in [3.05, 3.63) is 0 Å². The standard InChI is InChI=1S/C12H20N2O4/c1-5-14-7-8(6-9(14)15)10(16)13-12(2,3)11(17)18-4/h8H,5-7H2,1-4H3,(H,13,16)/t8-/m0/s1. The zero-order chi connectivity index (χ0) is 13.9. The summed E-state index contributed by atoms with van der Waals surface area (Å²) in [6.07, 6.45) is 0.205. The lowest BCUT2D eigenvalue weighted by Crippen LogP contribution is -2.52. The minimum absolute atomic E-state index is 0.0199. The number of nitrogens with one attached hydrogen (secondary N) is 1. The van der Waals surface area contributed by atoms with Crippen LogP contribution in [0.25, 0.3) is 0 Å². The van der Waals surface area contributed by atoms with Crippen LogP contribution in [0.15, 0.2) is 0 Å². The van der Waals surface area contributed by atoms with Gasteiger partial charge >= 0.3 is 5.97 Å². The number of likely N-dealkylation sites (tertiary alicyclic amines) is 1. The Morgan fingerprint density at radius 2 is 2.11 bits per heavy atom.